The maximum Gasteiger partial charge on any atom is 0.0968 e. The molecule has 2 saturated carbocycles. The number of nitrogens with two attached hydrogens (primary N) is 1. The van der Waals surface area contributed by atoms with Gasteiger partial charge < -0.3 is 5.73 Å². The van der Waals surface area contributed by atoms with Crippen molar-refractivity contribution in [3.63, 3.8) is 0 Å². The van der Waals surface area contributed by atoms with Crippen molar-refractivity contribution in [1.82, 2.24) is 0 Å². The van der Waals surface area contributed by atoms with Crippen LogP contribution in [0.1, 0.15) is 44.9 Å². The zero-order valence-corrected chi connectivity index (χ0v) is 8.34. The highest BCUT2D eigenvalue weighted by Crippen LogP contribution is 2.28. The van der Waals surface area contributed by atoms with Gasteiger partial charge in [-0.2, -0.15) is 0 Å². The Balaban J connectivity index is 1.76. The van der Waals surface area contributed by atoms with Gasteiger partial charge in [0.15, 0.2) is 0 Å². The van der Waals surface area contributed by atoms with Gasteiger partial charge in [-0.1, -0.05) is 19.3 Å². The highest BCUT2D eigenvalue weighted by atomic mass is 14.9. The van der Waals surface area contributed by atoms with Gasteiger partial charge in [0, 0.05) is 12.5 Å². The maximum absolute atomic E-state index is 5.96. The van der Waals surface area contributed by atoms with Crippen molar-refractivity contribution in [2.45, 2.75) is 44.9 Å². The van der Waals surface area contributed by atoms with Gasteiger partial charge in [0.25, 0.3) is 0 Å². The fourth-order valence-electron chi connectivity index (χ4n) is 2.26. The van der Waals surface area contributed by atoms with Crippen molar-refractivity contribution < 1.29 is 0 Å². The van der Waals surface area contributed by atoms with E-state index in [-0.39, 0.29) is 0 Å². The summed E-state index contributed by atoms with van der Waals surface area (Å²) in [5.41, 5.74) is 5.96. The standard InChI is InChI=1S/C11H20N2/c12-11(10-6-1-2-7-10)13-8-9-4-3-5-9/h9-10H,1-8H2,(H2,12,13). The molecule has 0 amide bonds. The van der Waals surface area contributed by atoms with Crippen LogP contribution in [0.2, 0.25) is 0 Å². The summed E-state index contributed by atoms with van der Waals surface area (Å²) in [5, 5.41) is 0. The molecule has 2 aliphatic rings. The van der Waals surface area contributed by atoms with E-state index in [1.54, 1.807) is 0 Å². The van der Waals surface area contributed by atoms with Crippen LogP contribution in [0.4, 0.5) is 0 Å². The van der Waals surface area contributed by atoms with E-state index in [0.29, 0.717) is 5.92 Å². The van der Waals surface area contributed by atoms with Crippen LogP contribution in [0.15, 0.2) is 4.99 Å². The summed E-state index contributed by atoms with van der Waals surface area (Å²) in [6, 6.07) is 0. The molecule has 0 aromatic heterocycles. The van der Waals surface area contributed by atoms with Gasteiger partial charge >= 0.3 is 0 Å². The average molecular weight is 180 g/mol. The summed E-state index contributed by atoms with van der Waals surface area (Å²) in [4.78, 5) is 4.52. The quantitative estimate of drug-likeness (QED) is 0.525. The van der Waals surface area contributed by atoms with E-state index in [0.717, 1.165) is 18.3 Å². The number of amidine groups is 1. The number of hydrogen-bond donors (Lipinski definition) is 1. The number of hydrogen-bond acceptors (Lipinski definition) is 1. The molecule has 0 aliphatic heterocycles. The van der Waals surface area contributed by atoms with Crippen LogP contribution in [-0.4, -0.2) is 12.4 Å². The highest BCUT2D eigenvalue weighted by Gasteiger charge is 2.20. The minimum absolute atomic E-state index is 0.625. The Labute approximate surface area is 80.6 Å². The minimum Gasteiger partial charge on any atom is -0.387 e. The van der Waals surface area contributed by atoms with E-state index in [9.17, 15) is 0 Å². The van der Waals surface area contributed by atoms with Crippen molar-refractivity contribution in [3.05, 3.63) is 0 Å². The van der Waals surface area contributed by atoms with E-state index in [1.165, 1.54) is 44.9 Å². The number of aliphatic imine (C=N–C) groups is 1. The molecular formula is C11H20N2. The van der Waals surface area contributed by atoms with Crippen LogP contribution < -0.4 is 5.73 Å². The minimum atomic E-state index is 0.625. The summed E-state index contributed by atoms with van der Waals surface area (Å²) in [7, 11) is 0. The van der Waals surface area contributed by atoms with Crippen molar-refractivity contribution in [3.8, 4) is 0 Å². The Morgan fingerprint density at radius 2 is 1.77 bits per heavy atom. The zero-order valence-electron chi connectivity index (χ0n) is 8.34. The Morgan fingerprint density at radius 1 is 1.08 bits per heavy atom. The Bertz CT molecular complexity index is 188. The summed E-state index contributed by atoms with van der Waals surface area (Å²) in [6.45, 7) is 1.00. The Morgan fingerprint density at radius 3 is 2.31 bits per heavy atom. The van der Waals surface area contributed by atoms with Crippen LogP contribution in [0.5, 0.6) is 0 Å². The lowest BCUT2D eigenvalue weighted by Gasteiger charge is -2.23. The van der Waals surface area contributed by atoms with E-state index >= 15 is 0 Å². The van der Waals surface area contributed by atoms with Crippen LogP contribution >= 0.6 is 0 Å². The molecule has 0 radical (unpaired) electrons. The lowest BCUT2D eigenvalue weighted by molar-refractivity contribution is 0.326. The SMILES string of the molecule is NC(=NCC1CCC1)C1CCCC1. The second-order valence-electron chi connectivity index (χ2n) is 4.54. The predicted molar refractivity (Wildman–Crippen MR) is 55.8 cm³/mol. The lowest BCUT2D eigenvalue weighted by atomic mass is 9.86. The number of rotatable bonds is 3. The van der Waals surface area contributed by atoms with Gasteiger partial charge in [-0.25, -0.2) is 0 Å². The van der Waals surface area contributed by atoms with Crippen molar-refractivity contribution in [1.29, 1.82) is 0 Å². The smallest absolute Gasteiger partial charge is 0.0968 e. The molecule has 2 rings (SSSR count). The fraction of sp³-hybridized carbons (Fsp3) is 0.909. The highest BCUT2D eigenvalue weighted by molar-refractivity contribution is 5.83. The van der Waals surface area contributed by atoms with E-state index < -0.39 is 0 Å². The first-order valence-corrected chi connectivity index (χ1v) is 5.66. The van der Waals surface area contributed by atoms with Crippen molar-refractivity contribution in [2.75, 3.05) is 6.54 Å². The molecule has 13 heavy (non-hydrogen) atoms. The molecule has 0 bridgehead atoms. The Kier molecular flexibility index (Phi) is 2.87. The van der Waals surface area contributed by atoms with Crippen LogP contribution in [-0.2, 0) is 0 Å². The third kappa shape index (κ3) is 2.23. The molecule has 2 fully saturated rings. The lowest BCUT2D eigenvalue weighted by Crippen LogP contribution is -2.24. The molecule has 0 unspecified atom stereocenters. The molecule has 74 valence electrons. The van der Waals surface area contributed by atoms with Crippen molar-refractivity contribution >= 4 is 5.84 Å². The van der Waals surface area contributed by atoms with Crippen LogP contribution in [0, 0.1) is 11.8 Å². The van der Waals surface area contributed by atoms with Gasteiger partial charge in [-0.15, -0.1) is 0 Å². The van der Waals surface area contributed by atoms with Gasteiger partial charge in [-0.05, 0) is 31.6 Å². The summed E-state index contributed by atoms with van der Waals surface area (Å²) >= 11 is 0. The molecule has 0 aromatic carbocycles. The second kappa shape index (κ2) is 4.12. The van der Waals surface area contributed by atoms with Gasteiger partial charge in [0.2, 0.25) is 0 Å². The molecule has 0 spiro atoms. The van der Waals surface area contributed by atoms with Crippen molar-refractivity contribution in [2.24, 2.45) is 22.6 Å². The second-order valence-corrected chi connectivity index (χ2v) is 4.54. The average Bonchev–Trinajstić information content (AvgIpc) is 2.52. The van der Waals surface area contributed by atoms with Crippen LogP contribution in [0.25, 0.3) is 0 Å². The molecule has 0 atom stereocenters. The van der Waals surface area contributed by atoms with E-state index in [2.05, 4.69) is 4.99 Å². The molecule has 2 aliphatic carbocycles. The normalized spacial score (nSPS) is 26.3. The Hall–Kier alpha value is -0.530. The maximum atomic E-state index is 5.96. The van der Waals surface area contributed by atoms with Gasteiger partial charge in [-0.3, -0.25) is 4.99 Å². The van der Waals surface area contributed by atoms with Crippen LogP contribution in [0.3, 0.4) is 0 Å². The molecule has 2 N–H and O–H groups in total. The number of nitrogens with zero attached hydrogens (tertiary/aromatic N) is 1. The third-order valence-corrected chi connectivity index (χ3v) is 3.53. The summed E-state index contributed by atoms with van der Waals surface area (Å²) < 4.78 is 0. The molecular weight excluding hydrogens is 160 g/mol. The molecule has 2 nitrogen and oxygen atoms in total. The largest absolute Gasteiger partial charge is 0.387 e. The topological polar surface area (TPSA) is 38.4 Å². The molecule has 2 heteroatoms. The first kappa shape index (κ1) is 9.04. The summed E-state index contributed by atoms with van der Waals surface area (Å²) in [5.74, 6) is 2.43. The monoisotopic (exact) mass is 180 g/mol. The zero-order chi connectivity index (χ0) is 9.10. The third-order valence-electron chi connectivity index (χ3n) is 3.53. The molecule has 0 heterocycles. The van der Waals surface area contributed by atoms with E-state index in [1.807, 2.05) is 0 Å². The summed E-state index contributed by atoms with van der Waals surface area (Å²) in [6.07, 6.45) is 9.42. The fourth-order valence-corrected chi connectivity index (χ4v) is 2.26. The van der Waals surface area contributed by atoms with Gasteiger partial charge in [0.05, 0.1) is 5.84 Å². The molecule has 0 aromatic rings. The molecule has 0 saturated heterocycles. The first-order valence-electron chi connectivity index (χ1n) is 5.66. The van der Waals surface area contributed by atoms with E-state index in [4.69, 9.17) is 5.73 Å². The predicted octanol–water partition coefficient (Wildman–Crippen LogP) is 2.33. The van der Waals surface area contributed by atoms with Gasteiger partial charge in [0.1, 0.15) is 0 Å². The first-order chi connectivity index (χ1) is 6.36.